The second-order valence-electron chi connectivity index (χ2n) is 7.30. The van der Waals surface area contributed by atoms with Crippen molar-refractivity contribution in [3.05, 3.63) is 75.8 Å². The van der Waals surface area contributed by atoms with E-state index in [1.54, 1.807) is 0 Å². The number of carbonyl (C=O) groups is 1. The number of rotatable bonds is 3. The molecule has 0 saturated carbocycles. The Morgan fingerprint density at radius 1 is 0.941 bits per heavy atom. The summed E-state index contributed by atoms with van der Waals surface area (Å²) in [4.78, 5) is 25.7. The van der Waals surface area contributed by atoms with Gasteiger partial charge in [-0.05, 0) is 42.5 Å². The molecule has 0 radical (unpaired) electrons. The predicted octanol–water partition coefficient (Wildman–Crippen LogP) is 6.82. The van der Waals surface area contributed by atoms with Gasteiger partial charge in [0.15, 0.2) is 0 Å². The number of imidazole rings is 2. The molecule has 0 aliphatic rings. The van der Waals surface area contributed by atoms with Crippen molar-refractivity contribution in [3.63, 3.8) is 0 Å². The minimum atomic E-state index is -4.62. The van der Waals surface area contributed by atoms with Crippen LogP contribution in [0.25, 0.3) is 33.5 Å². The fraction of sp³-hybridized carbons (Fsp3) is 0.0455. The summed E-state index contributed by atoms with van der Waals surface area (Å²) in [6, 6.07) is 11.2. The van der Waals surface area contributed by atoms with Crippen LogP contribution in [0.4, 0.5) is 23.2 Å². The number of benzene rings is 3. The van der Waals surface area contributed by atoms with Gasteiger partial charge in [0.25, 0.3) is 5.91 Å². The van der Waals surface area contributed by atoms with E-state index in [1.807, 2.05) is 0 Å². The summed E-state index contributed by atoms with van der Waals surface area (Å²) in [5.41, 5.74) is 1.31. The van der Waals surface area contributed by atoms with E-state index in [0.29, 0.717) is 11.0 Å². The number of halogens is 6. The molecule has 3 aromatic carbocycles. The Labute approximate surface area is 197 Å². The molecule has 0 atom stereocenters. The highest BCUT2D eigenvalue weighted by molar-refractivity contribution is 6.36. The van der Waals surface area contributed by atoms with Gasteiger partial charge in [-0.3, -0.25) is 4.79 Å². The van der Waals surface area contributed by atoms with E-state index in [4.69, 9.17) is 23.2 Å². The van der Waals surface area contributed by atoms with Crippen molar-refractivity contribution in [2.75, 3.05) is 5.32 Å². The number of alkyl halides is 3. The Balaban J connectivity index is 1.46. The number of aromatic amines is 2. The molecule has 2 heterocycles. The first-order valence-electron chi connectivity index (χ1n) is 9.62. The molecule has 1 amide bonds. The zero-order valence-corrected chi connectivity index (χ0v) is 18.2. The van der Waals surface area contributed by atoms with Gasteiger partial charge in [-0.25, -0.2) is 14.4 Å². The average Bonchev–Trinajstić information content (AvgIpc) is 3.37. The molecule has 6 nitrogen and oxygen atoms in total. The highest BCUT2D eigenvalue weighted by Gasteiger charge is 2.34. The summed E-state index contributed by atoms with van der Waals surface area (Å²) in [6.07, 6.45) is -4.62. The number of hydrogen-bond donors (Lipinski definition) is 3. The number of aromatic nitrogens is 4. The molecule has 0 spiro atoms. The SMILES string of the molecule is O=C(Nc1ccc2[nH]c(C(F)(F)F)nc2c1)c1cc(Cl)c2[nH]c(-c3c(F)cccc3Cl)nc2c1. The smallest absolute Gasteiger partial charge is 0.337 e. The van der Waals surface area contributed by atoms with Gasteiger partial charge < -0.3 is 15.3 Å². The zero-order chi connectivity index (χ0) is 24.2. The average molecular weight is 508 g/mol. The Morgan fingerprint density at radius 2 is 1.74 bits per heavy atom. The van der Waals surface area contributed by atoms with Crippen LogP contribution >= 0.6 is 23.2 Å². The van der Waals surface area contributed by atoms with E-state index in [0.717, 1.165) is 0 Å². The van der Waals surface area contributed by atoms with Gasteiger partial charge in [-0.1, -0.05) is 29.3 Å². The quantitative estimate of drug-likeness (QED) is 0.234. The van der Waals surface area contributed by atoms with Crippen molar-refractivity contribution in [1.82, 2.24) is 19.9 Å². The second kappa shape index (κ2) is 8.00. The largest absolute Gasteiger partial charge is 0.449 e. The normalized spacial score (nSPS) is 11.9. The number of fused-ring (bicyclic) bond motifs is 2. The van der Waals surface area contributed by atoms with Crippen LogP contribution in [0.2, 0.25) is 10.0 Å². The van der Waals surface area contributed by atoms with Crippen molar-refractivity contribution in [3.8, 4) is 11.4 Å². The molecule has 0 fully saturated rings. The molecule has 3 N–H and O–H groups in total. The van der Waals surface area contributed by atoms with Crippen molar-refractivity contribution < 1.29 is 22.4 Å². The summed E-state index contributed by atoms with van der Waals surface area (Å²) in [7, 11) is 0. The van der Waals surface area contributed by atoms with Crippen LogP contribution < -0.4 is 5.32 Å². The van der Waals surface area contributed by atoms with Gasteiger partial charge in [0.1, 0.15) is 11.6 Å². The number of amides is 1. The van der Waals surface area contributed by atoms with Gasteiger partial charge in [0.2, 0.25) is 5.82 Å². The van der Waals surface area contributed by atoms with Gasteiger partial charge in [-0.15, -0.1) is 0 Å². The lowest BCUT2D eigenvalue weighted by Crippen LogP contribution is -2.11. The number of carbonyl (C=O) groups excluding carboxylic acids is 1. The lowest BCUT2D eigenvalue weighted by atomic mass is 10.1. The Morgan fingerprint density at radius 3 is 2.47 bits per heavy atom. The van der Waals surface area contributed by atoms with Crippen molar-refractivity contribution in [2.24, 2.45) is 0 Å². The topological polar surface area (TPSA) is 86.5 Å². The third-order valence-corrected chi connectivity index (χ3v) is 5.63. The highest BCUT2D eigenvalue weighted by Crippen LogP contribution is 2.33. The predicted molar refractivity (Wildman–Crippen MR) is 121 cm³/mol. The maximum Gasteiger partial charge on any atom is 0.449 e. The Kier molecular flexibility index (Phi) is 5.22. The van der Waals surface area contributed by atoms with E-state index in [-0.39, 0.29) is 43.7 Å². The van der Waals surface area contributed by atoms with Crippen molar-refractivity contribution in [1.29, 1.82) is 0 Å². The van der Waals surface area contributed by atoms with Crippen LogP contribution in [-0.4, -0.2) is 25.8 Å². The number of nitrogens with zero attached hydrogens (tertiary/aromatic N) is 2. The fourth-order valence-corrected chi connectivity index (χ4v) is 3.98. The molecule has 5 aromatic rings. The Hall–Kier alpha value is -3.63. The van der Waals surface area contributed by atoms with Crippen LogP contribution in [0.15, 0.2) is 48.5 Å². The summed E-state index contributed by atoms with van der Waals surface area (Å²) in [5, 5.41) is 2.90. The van der Waals surface area contributed by atoms with Gasteiger partial charge in [-0.2, -0.15) is 13.2 Å². The molecule has 12 heteroatoms. The molecular weight excluding hydrogens is 497 g/mol. The molecule has 172 valence electrons. The van der Waals surface area contributed by atoms with Crippen molar-refractivity contribution >= 4 is 56.9 Å². The summed E-state index contributed by atoms with van der Waals surface area (Å²) in [6.45, 7) is 0. The van der Waals surface area contributed by atoms with Gasteiger partial charge >= 0.3 is 6.18 Å². The van der Waals surface area contributed by atoms with E-state index >= 15 is 0 Å². The number of anilines is 1. The van der Waals surface area contributed by atoms with Gasteiger partial charge in [0.05, 0.1) is 37.7 Å². The van der Waals surface area contributed by atoms with E-state index in [9.17, 15) is 22.4 Å². The highest BCUT2D eigenvalue weighted by atomic mass is 35.5. The van der Waals surface area contributed by atoms with E-state index < -0.39 is 23.7 Å². The minimum absolute atomic E-state index is 0.0392. The third kappa shape index (κ3) is 3.95. The van der Waals surface area contributed by atoms with E-state index in [1.165, 1.54) is 48.5 Å². The molecule has 0 unspecified atom stereocenters. The molecule has 0 aliphatic heterocycles. The lowest BCUT2D eigenvalue weighted by Gasteiger charge is -2.06. The van der Waals surface area contributed by atoms with Crippen LogP contribution in [-0.2, 0) is 6.18 Å². The maximum atomic E-state index is 14.3. The molecular formula is C22H11Cl2F4N5O. The Bertz CT molecular complexity index is 1570. The molecule has 34 heavy (non-hydrogen) atoms. The molecule has 0 saturated heterocycles. The van der Waals surface area contributed by atoms with E-state index in [2.05, 4.69) is 25.3 Å². The zero-order valence-electron chi connectivity index (χ0n) is 16.7. The molecule has 5 rings (SSSR count). The number of hydrogen-bond acceptors (Lipinski definition) is 3. The summed E-state index contributed by atoms with van der Waals surface area (Å²) < 4.78 is 52.9. The first kappa shape index (κ1) is 22.2. The minimum Gasteiger partial charge on any atom is -0.337 e. The standard InChI is InChI=1S/C22H11Cl2F4N5O/c23-11-2-1-3-13(25)17(11)19-30-16-7-9(6-12(24)18(16)33-19)20(34)29-10-4-5-14-15(8-10)32-21(31-14)22(26,27)28/h1-8H,(H,29,34)(H,30,33)(H,31,32). The number of nitrogens with one attached hydrogen (secondary N) is 3. The second-order valence-corrected chi connectivity index (χ2v) is 8.12. The summed E-state index contributed by atoms with van der Waals surface area (Å²) >= 11 is 12.4. The maximum absolute atomic E-state index is 14.3. The molecule has 2 aromatic heterocycles. The van der Waals surface area contributed by atoms with Crippen LogP contribution in [0.5, 0.6) is 0 Å². The first-order chi connectivity index (χ1) is 16.1. The molecule has 0 bridgehead atoms. The van der Waals surface area contributed by atoms with Crippen molar-refractivity contribution in [2.45, 2.75) is 6.18 Å². The van der Waals surface area contributed by atoms with Crippen LogP contribution in [0.3, 0.4) is 0 Å². The summed E-state index contributed by atoms with van der Waals surface area (Å²) in [5.74, 6) is -2.15. The monoisotopic (exact) mass is 507 g/mol. The number of H-pyrrole nitrogens is 2. The molecule has 0 aliphatic carbocycles. The lowest BCUT2D eigenvalue weighted by molar-refractivity contribution is -0.144. The third-order valence-electron chi connectivity index (χ3n) is 5.02. The van der Waals surface area contributed by atoms with Crippen LogP contribution in [0, 0.1) is 5.82 Å². The fourth-order valence-electron chi connectivity index (χ4n) is 3.47. The van der Waals surface area contributed by atoms with Gasteiger partial charge in [0, 0.05) is 11.3 Å². The first-order valence-corrected chi connectivity index (χ1v) is 10.4. The van der Waals surface area contributed by atoms with Crippen LogP contribution in [0.1, 0.15) is 16.2 Å².